The van der Waals surface area contributed by atoms with Crippen molar-refractivity contribution < 1.29 is 17.9 Å². The molecule has 0 saturated carbocycles. The highest BCUT2D eigenvalue weighted by molar-refractivity contribution is 5.26. The van der Waals surface area contributed by atoms with E-state index in [1.165, 1.54) is 12.1 Å². The Balaban J connectivity index is 2.12. The largest absolute Gasteiger partial charge is 0.416 e. The fourth-order valence-corrected chi connectivity index (χ4v) is 2.05. The Morgan fingerprint density at radius 2 is 1.83 bits per heavy atom. The van der Waals surface area contributed by atoms with Crippen molar-refractivity contribution in [3.63, 3.8) is 0 Å². The summed E-state index contributed by atoms with van der Waals surface area (Å²) in [5, 5.41) is 8.78. The summed E-state index contributed by atoms with van der Waals surface area (Å²) in [6.45, 7) is 0. The first-order valence-electron chi connectivity index (χ1n) is 5.73. The standard InChI is InChI=1S/C13H12F3NO/c14-13(15,16)10-6-4-9(5-7-10)12-3-1-2-11(8-17)18-12/h4-7,11-12H,1-3H2/t11-,12+/m1/s1. The van der Waals surface area contributed by atoms with Gasteiger partial charge in [0.1, 0.15) is 6.10 Å². The molecule has 5 heteroatoms. The SMILES string of the molecule is N#C[C@H]1CCC[C@@H](c2ccc(C(F)(F)F)cc2)O1. The van der Waals surface area contributed by atoms with Crippen molar-refractivity contribution >= 4 is 0 Å². The van der Waals surface area contributed by atoms with E-state index in [0.29, 0.717) is 12.0 Å². The zero-order chi connectivity index (χ0) is 13.2. The topological polar surface area (TPSA) is 33.0 Å². The molecule has 1 saturated heterocycles. The molecule has 96 valence electrons. The second-order valence-corrected chi connectivity index (χ2v) is 4.29. The molecule has 2 nitrogen and oxygen atoms in total. The number of rotatable bonds is 1. The number of benzene rings is 1. The average molecular weight is 255 g/mol. The maximum atomic E-state index is 12.4. The summed E-state index contributed by atoms with van der Waals surface area (Å²) in [5.41, 5.74) is 0.0295. The lowest BCUT2D eigenvalue weighted by Gasteiger charge is -2.26. The number of alkyl halides is 3. The van der Waals surface area contributed by atoms with Crippen molar-refractivity contribution in [3.8, 4) is 6.07 Å². The first-order chi connectivity index (χ1) is 8.50. The van der Waals surface area contributed by atoms with Gasteiger partial charge in [-0.3, -0.25) is 0 Å². The molecule has 0 radical (unpaired) electrons. The number of hydrogen-bond acceptors (Lipinski definition) is 2. The molecule has 1 aromatic rings. The van der Waals surface area contributed by atoms with Crippen LogP contribution in [0.3, 0.4) is 0 Å². The van der Waals surface area contributed by atoms with Crippen LogP contribution in [0, 0.1) is 11.3 Å². The Morgan fingerprint density at radius 1 is 1.17 bits per heavy atom. The van der Waals surface area contributed by atoms with Gasteiger partial charge in [-0.1, -0.05) is 12.1 Å². The summed E-state index contributed by atoms with van der Waals surface area (Å²) in [7, 11) is 0. The van der Waals surface area contributed by atoms with Crippen LogP contribution in [0.4, 0.5) is 13.2 Å². The summed E-state index contributed by atoms with van der Waals surface area (Å²) in [6, 6.07) is 6.99. The van der Waals surface area contributed by atoms with E-state index in [0.717, 1.165) is 25.0 Å². The van der Waals surface area contributed by atoms with Crippen LogP contribution in [0.5, 0.6) is 0 Å². The second kappa shape index (κ2) is 4.99. The molecule has 1 fully saturated rings. The smallest absolute Gasteiger partial charge is 0.355 e. The molecule has 2 atom stereocenters. The molecule has 0 aromatic heterocycles. The summed E-state index contributed by atoms with van der Waals surface area (Å²) >= 11 is 0. The van der Waals surface area contributed by atoms with E-state index in [1.54, 1.807) is 0 Å². The van der Waals surface area contributed by atoms with Crippen LogP contribution in [0.15, 0.2) is 24.3 Å². The van der Waals surface area contributed by atoms with Gasteiger partial charge in [-0.2, -0.15) is 18.4 Å². The van der Waals surface area contributed by atoms with Crippen molar-refractivity contribution in [2.75, 3.05) is 0 Å². The van der Waals surface area contributed by atoms with Gasteiger partial charge in [-0.05, 0) is 37.0 Å². The summed E-state index contributed by atoms with van der Waals surface area (Å²) in [6.07, 6.45) is -2.76. The average Bonchev–Trinajstić information content (AvgIpc) is 2.38. The second-order valence-electron chi connectivity index (χ2n) is 4.29. The Kier molecular flexibility index (Phi) is 3.58. The van der Waals surface area contributed by atoms with Crippen LogP contribution in [-0.2, 0) is 10.9 Å². The Hall–Kier alpha value is -1.54. The highest BCUT2D eigenvalue weighted by atomic mass is 19.4. The zero-order valence-corrected chi connectivity index (χ0v) is 9.57. The molecule has 0 aliphatic carbocycles. The normalized spacial score (nSPS) is 24.6. The van der Waals surface area contributed by atoms with E-state index in [2.05, 4.69) is 0 Å². The van der Waals surface area contributed by atoms with Crippen molar-refractivity contribution in [2.24, 2.45) is 0 Å². The summed E-state index contributed by atoms with van der Waals surface area (Å²) < 4.78 is 42.7. The molecule has 1 aliphatic rings. The minimum atomic E-state index is -4.32. The van der Waals surface area contributed by atoms with E-state index in [1.807, 2.05) is 6.07 Å². The molecule has 0 unspecified atom stereocenters. The quantitative estimate of drug-likeness (QED) is 0.763. The lowest BCUT2D eigenvalue weighted by Crippen LogP contribution is -2.20. The Morgan fingerprint density at radius 3 is 2.39 bits per heavy atom. The summed E-state index contributed by atoms with van der Waals surface area (Å²) in [5.74, 6) is 0. The Bertz CT molecular complexity index is 447. The van der Waals surface area contributed by atoms with Gasteiger partial charge in [-0.25, -0.2) is 0 Å². The molecule has 0 amide bonds. The molecule has 1 aliphatic heterocycles. The van der Waals surface area contributed by atoms with Crippen molar-refractivity contribution in [3.05, 3.63) is 35.4 Å². The third-order valence-corrected chi connectivity index (χ3v) is 3.01. The molecule has 1 heterocycles. The lowest BCUT2D eigenvalue weighted by molar-refractivity contribution is -0.137. The maximum Gasteiger partial charge on any atom is 0.416 e. The van der Waals surface area contributed by atoms with Crippen molar-refractivity contribution in [1.29, 1.82) is 5.26 Å². The van der Waals surface area contributed by atoms with Gasteiger partial charge >= 0.3 is 6.18 Å². The molecule has 18 heavy (non-hydrogen) atoms. The number of hydrogen-bond donors (Lipinski definition) is 0. The molecular formula is C13H12F3NO. The number of halogens is 3. The highest BCUT2D eigenvalue weighted by Gasteiger charge is 2.30. The van der Waals surface area contributed by atoms with Gasteiger partial charge in [0, 0.05) is 0 Å². The van der Waals surface area contributed by atoms with Crippen molar-refractivity contribution in [1.82, 2.24) is 0 Å². The maximum absolute atomic E-state index is 12.4. The molecular weight excluding hydrogens is 243 g/mol. The molecule has 2 rings (SSSR count). The summed E-state index contributed by atoms with van der Waals surface area (Å²) in [4.78, 5) is 0. The molecule has 0 spiro atoms. The molecule has 0 bridgehead atoms. The Labute approximate surface area is 103 Å². The van der Waals surface area contributed by atoms with E-state index in [4.69, 9.17) is 10.00 Å². The van der Waals surface area contributed by atoms with Crippen LogP contribution >= 0.6 is 0 Å². The third kappa shape index (κ3) is 2.82. The number of nitriles is 1. The fourth-order valence-electron chi connectivity index (χ4n) is 2.05. The van der Waals surface area contributed by atoms with Gasteiger partial charge in [0.25, 0.3) is 0 Å². The lowest BCUT2D eigenvalue weighted by atomic mass is 9.98. The van der Waals surface area contributed by atoms with Gasteiger partial charge in [0.15, 0.2) is 0 Å². The van der Waals surface area contributed by atoms with Crippen molar-refractivity contribution in [2.45, 2.75) is 37.6 Å². The minimum Gasteiger partial charge on any atom is -0.355 e. The van der Waals surface area contributed by atoms with Gasteiger partial charge in [0.2, 0.25) is 0 Å². The molecule has 1 aromatic carbocycles. The number of nitrogens with zero attached hydrogens (tertiary/aromatic N) is 1. The molecule has 0 N–H and O–H groups in total. The van der Waals surface area contributed by atoms with E-state index in [-0.39, 0.29) is 6.10 Å². The zero-order valence-electron chi connectivity index (χ0n) is 9.57. The predicted octanol–water partition coefficient (Wildman–Crippen LogP) is 3.84. The first kappa shape index (κ1) is 12.9. The van der Waals surface area contributed by atoms with Crippen LogP contribution < -0.4 is 0 Å². The van der Waals surface area contributed by atoms with Gasteiger partial charge < -0.3 is 4.74 Å². The third-order valence-electron chi connectivity index (χ3n) is 3.01. The number of ether oxygens (including phenoxy) is 1. The fraction of sp³-hybridized carbons (Fsp3) is 0.462. The van der Waals surface area contributed by atoms with E-state index in [9.17, 15) is 13.2 Å². The van der Waals surface area contributed by atoms with E-state index < -0.39 is 17.8 Å². The van der Waals surface area contributed by atoms with Crippen LogP contribution in [0.2, 0.25) is 0 Å². The van der Waals surface area contributed by atoms with E-state index >= 15 is 0 Å². The van der Waals surface area contributed by atoms with Gasteiger partial charge in [0.05, 0.1) is 17.7 Å². The van der Waals surface area contributed by atoms with Crippen LogP contribution in [0.1, 0.15) is 36.5 Å². The van der Waals surface area contributed by atoms with Crippen LogP contribution in [-0.4, -0.2) is 6.10 Å². The van der Waals surface area contributed by atoms with Gasteiger partial charge in [-0.15, -0.1) is 0 Å². The minimum absolute atomic E-state index is 0.273. The predicted molar refractivity (Wildman–Crippen MR) is 58.5 cm³/mol. The van der Waals surface area contributed by atoms with Crippen LogP contribution in [0.25, 0.3) is 0 Å². The monoisotopic (exact) mass is 255 g/mol. The highest BCUT2D eigenvalue weighted by Crippen LogP contribution is 2.34. The first-order valence-corrected chi connectivity index (χ1v) is 5.73.